The third-order valence-electron chi connectivity index (χ3n) is 6.29. The van der Waals surface area contributed by atoms with Crippen molar-refractivity contribution in [1.29, 1.82) is 0 Å². The highest BCUT2D eigenvalue weighted by Gasteiger charge is 2.32. The maximum atomic E-state index is 13.2. The van der Waals surface area contributed by atoms with Gasteiger partial charge in [0.25, 0.3) is 5.56 Å². The molecule has 0 aliphatic heterocycles. The average Bonchev–Trinajstić information content (AvgIpc) is 3.24. The first-order valence-corrected chi connectivity index (χ1v) is 13.2. The summed E-state index contributed by atoms with van der Waals surface area (Å²) in [7, 11) is -4.00. The molecule has 0 unspecified atom stereocenters. The fourth-order valence-electron chi connectivity index (χ4n) is 4.51. The van der Waals surface area contributed by atoms with Crippen molar-refractivity contribution in [2.45, 2.75) is 43.0 Å². The summed E-state index contributed by atoms with van der Waals surface area (Å²) in [5.41, 5.74) is 4.02. The maximum absolute atomic E-state index is 13.2. The van der Waals surface area contributed by atoms with Gasteiger partial charge < -0.3 is 9.72 Å². The first kappa shape index (κ1) is 23.7. The molecule has 8 nitrogen and oxygen atoms in total. The summed E-state index contributed by atoms with van der Waals surface area (Å²) in [6.45, 7) is 4.32. The number of carbonyl (C=O) groups excluding carboxylic acids is 1. The van der Waals surface area contributed by atoms with Gasteiger partial charge in [0.1, 0.15) is 4.90 Å². The Morgan fingerprint density at radius 2 is 1.81 bits per heavy atom. The van der Waals surface area contributed by atoms with Gasteiger partial charge in [0.05, 0.1) is 29.4 Å². The molecule has 4 aromatic rings. The van der Waals surface area contributed by atoms with Crippen LogP contribution in [0.5, 0.6) is 0 Å². The topological polar surface area (TPSA) is 111 Å². The van der Waals surface area contributed by atoms with E-state index >= 15 is 0 Å². The molecule has 0 bridgehead atoms. The van der Waals surface area contributed by atoms with Gasteiger partial charge >= 0.3 is 5.97 Å². The normalized spacial score (nSPS) is 12.6. The third-order valence-corrected chi connectivity index (χ3v) is 8.06. The molecule has 0 saturated carbocycles. The van der Waals surface area contributed by atoms with Crippen LogP contribution in [0.25, 0.3) is 11.4 Å². The number of fused-ring (bicyclic) bond motifs is 3. The molecule has 5 rings (SSSR count). The molecule has 0 radical (unpaired) electrons. The molecular weight excluding hydrogens is 478 g/mol. The quantitative estimate of drug-likeness (QED) is 0.402. The molecule has 2 aromatic heterocycles. The second-order valence-corrected chi connectivity index (χ2v) is 10.6. The van der Waals surface area contributed by atoms with Crippen LogP contribution in [0.4, 0.5) is 0 Å². The molecule has 0 spiro atoms. The van der Waals surface area contributed by atoms with Crippen molar-refractivity contribution in [1.82, 2.24) is 14.8 Å². The second-order valence-electron chi connectivity index (χ2n) is 8.72. The van der Waals surface area contributed by atoms with E-state index in [1.165, 1.54) is 18.2 Å². The lowest BCUT2D eigenvalue weighted by Crippen LogP contribution is -2.22. The number of carbonyl (C=O) groups is 1. The number of rotatable bonds is 6. The Morgan fingerprint density at radius 3 is 2.50 bits per heavy atom. The fourth-order valence-corrected chi connectivity index (χ4v) is 5.87. The highest BCUT2D eigenvalue weighted by atomic mass is 32.2. The molecule has 2 heterocycles. The minimum Gasteiger partial charge on any atom is -0.461 e. The molecular formula is C27H25N3O5S. The van der Waals surface area contributed by atoms with Crippen LogP contribution in [0.15, 0.2) is 75.2 Å². The summed E-state index contributed by atoms with van der Waals surface area (Å²) in [5, 5.41) is 4.58. The Kier molecular flexibility index (Phi) is 6.09. The number of aromatic amines is 1. The van der Waals surface area contributed by atoms with E-state index in [2.05, 4.69) is 10.1 Å². The second kappa shape index (κ2) is 9.23. The van der Waals surface area contributed by atoms with E-state index in [1.54, 1.807) is 29.8 Å². The van der Waals surface area contributed by atoms with Gasteiger partial charge in [-0.1, -0.05) is 48.0 Å². The first-order valence-electron chi connectivity index (χ1n) is 11.7. The number of sulfone groups is 1. The van der Waals surface area contributed by atoms with E-state index in [1.807, 2.05) is 31.2 Å². The minimum absolute atomic E-state index is 0.0564. The van der Waals surface area contributed by atoms with E-state index in [9.17, 15) is 18.0 Å². The van der Waals surface area contributed by atoms with Crippen LogP contribution in [0.1, 0.15) is 39.7 Å². The van der Waals surface area contributed by atoms with Crippen molar-refractivity contribution in [3.05, 3.63) is 99.0 Å². The third kappa shape index (κ3) is 4.15. The largest absolute Gasteiger partial charge is 0.461 e. The van der Waals surface area contributed by atoms with Crippen LogP contribution < -0.4 is 5.56 Å². The fraction of sp³-hybridized carbons (Fsp3) is 0.222. The number of esters is 1. The van der Waals surface area contributed by atoms with E-state index in [4.69, 9.17) is 4.74 Å². The monoisotopic (exact) mass is 503 g/mol. The summed E-state index contributed by atoms with van der Waals surface area (Å²) in [6, 6.07) is 17.3. The lowest BCUT2D eigenvalue weighted by molar-refractivity contribution is 0.0517. The van der Waals surface area contributed by atoms with Crippen LogP contribution >= 0.6 is 0 Å². The van der Waals surface area contributed by atoms with E-state index in [0.717, 1.165) is 11.1 Å². The molecule has 1 aliphatic carbocycles. The van der Waals surface area contributed by atoms with Crippen molar-refractivity contribution in [3.8, 4) is 11.4 Å². The molecule has 9 heteroatoms. The smallest absolute Gasteiger partial charge is 0.359 e. The Labute approximate surface area is 208 Å². The predicted octanol–water partition coefficient (Wildman–Crippen LogP) is 3.70. The summed E-state index contributed by atoms with van der Waals surface area (Å²) < 4.78 is 33.3. The summed E-state index contributed by atoms with van der Waals surface area (Å²) in [4.78, 5) is 28.4. The van der Waals surface area contributed by atoms with Gasteiger partial charge in [0, 0.05) is 5.56 Å². The molecule has 0 atom stereocenters. The molecule has 1 N–H and O–H groups in total. The number of H-pyrrole nitrogens is 1. The first-order chi connectivity index (χ1) is 17.3. The van der Waals surface area contributed by atoms with Gasteiger partial charge in [-0.3, -0.25) is 9.48 Å². The van der Waals surface area contributed by atoms with Gasteiger partial charge in [-0.05, 0) is 56.0 Å². The SMILES string of the molecule is CCOC(=O)c1nn(Cc2ccc(C)cc2)c2c1CCc1cc(S(=O)(=O)c3ccccc3)c(=O)[nH]c1-2. The molecule has 184 valence electrons. The van der Waals surface area contributed by atoms with Crippen LogP contribution in [0.3, 0.4) is 0 Å². The molecule has 1 aliphatic rings. The number of nitrogens with one attached hydrogen (secondary N) is 1. The molecule has 2 aromatic carbocycles. The van der Waals surface area contributed by atoms with Gasteiger partial charge in [0.2, 0.25) is 9.84 Å². The lowest BCUT2D eigenvalue weighted by atomic mass is 9.92. The van der Waals surface area contributed by atoms with Gasteiger partial charge in [-0.25, -0.2) is 13.2 Å². The number of nitrogens with zero attached hydrogens (tertiary/aromatic N) is 2. The molecule has 0 saturated heterocycles. The number of hydrogen-bond donors (Lipinski definition) is 1. The Hall–Kier alpha value is -3.98. The summed E-state index contributed by atoms with van der Waals surface area (Å²) >= 11 is 0. The number of benzene rings is 2. The van der Waals surface area contributed by atoms with Crippen molar-refractivity contribution >= 4 is 15.8 Å². The zero-order chi connectivity index (χ0) is 25.4. The van der Waals surface area contributed by atoms with Crippen LogP contribution in [0, 0.1) is 6.92 Å². The van der Waals surface area contributed by atoms with Crippen LogP contribution in [-0.2, 0) is 34.0 Å². The predicted molar refractivity (Wildman–Crippen MR) is 134 cm³/mol. The number of hydrogen-bond acceptors (Lipinski definition) is 6. The van der Waals surface area contributed by atoms with Crippen molar-refractivity contribution in [2.75, 3.05) is 6.61 Å². The van der Waals surface area contributed by atoms with E-state index in [-0.39, 0.29) is 22.1 Å². The number of ether oxygens (including phenoxy) is 1. The van der Waals surface area contributed by atoms with E-state index in [0.29, 0.717) is 41.9 Å². The molecule has 0 amide bonds. The Bertz CT molecular complexity index is 1620. The average molecular weight is 504 g/mol. The summed E-state index contributed by atoms with van der Waals surface area (Å²) in [5.74, 6) is -0.523. The van der Waals surface area contributed by atoms with Gasteiger partial charge in [0.15, 0.2) is 5.69 Å². The standard InChI is InChI=1S/C27H25N3O5S/c1-3-35-27(32)24-21-14-13-19-15-22(36(33,34)20-7-5-4-6-8-20)26(31)28-23(19)25(21)30(29-24)16-18-11-9-17(2)10-12-18/h4-12,15H,3,13-14,16H2,1-2H3,(H,28,31). The maximum Gasteiger partial charge on any atom is 0.359 e. The van der Waals surface area contributed by atoms with Crippen molar-refractivity contribution in [3.63, 3.8) is 0 Å². The van der Waals surface area contributed by atoms with Gasteiger partial charge in [-0.15, -0.1) is 0 Å². The minimum atomic E-state index is -4.00. The number of pyridine rings is 1. The Morgan fingerprint density at radius 1 is 1.08 bits per heavy atom. The molecule has 0 fully saturated rings. The zero-order valence-electron chi connectivity index (χ0n) is 19.9. The number of aromatic nitrogens is 3. The van der Waals surface area contributed by atoms with Crippen molar-refractivity contribution < 1.29 is 17.9 Å². The van der Waals surface area contributed by atoms with Crippen molar-refractivity contribution in [2.24, 2.45) is 0 Å². The highest BCUT2D eigenvalue weighted by Crippen LogP contribution is 2.35. The molecule has 36 heavy (non-hydrogen) atoms. The highest BCUT2D eigenvalue weighted by molar-refractivity contribution is 7.91. The van der Waals surface area contributed by atoms with E-state index < -0.39 is 21.4 Å². The van der Waals surface area contributed by atoms with Crippen LogP contribution in [0.2, 0.25) is 0 Å². The Balaban J connectivity index is 1.66. The number of aryl methyl sites for hydroxylation is 2. The van der Waals surface area contributed by atoms with Crippen LogP contribution in [-0.4, -0.2) is 35.8 Å². The lowest BCUT2D eigenvalue weighted by Gasteiger charge is -2.19. The zero-order valence-corrected chi connectivity index (χ0v) is 20.8. The summed E-state index contributed by atoms with van der Waals surface area (Å²) in [6.07, 6.45) is 0.903. The van der Waals surface area contributed by atoms with Gasteiger partial charge in [-0.2, -0.15) is 5.10 Å².